The number of nitrogens with one attached hydrogen (secondary N) is 1. The Labute approximate surface area is 105 Å². The van der Waals surface area contributed by atoms with Crippen LogP contribution in [0.3, 0.4) is 0 Å². The van der Waals surface area contributed by atoms with E-state index in [1.54, 1.807) is 6.20 Å². The van der Waals surface area contributed by atoms with Crippen LogP contribution in [0.15, 0.2) is 12.4 Å². The Morgan fingerprint density at radius 1 is 1.50 bits per heavy atom. The van der Waals surface area contributed by atoms with Crippen LogP contribution in [-0.2, 0) is 18.2 Å². The largest absolute Gasteiger partial charge is 0.375 e. The van der Waals surface area contributed by atoms with E-state index in [9.17, 15) is 8.78 Å². The predicted octanol–water partition coefficient (Wildman–Crippen LogP) is 0.856. The molecule has 1 aromatic rings. The molecule has 0 saturated carbocycles. The molecule has 1 atom stereocenters. The summed E-state index contributed by atoms with van der Waals surface area (Å²) in [7, 11) is 1.93. The van der Waals surface area contributed by atoms with Crippen molar-refractivity contribution in [3.8, 4) is 0 Å². The molecule has 0 spiro atoms. The number of imidazole rings is 1. The number of aryl methyl sites for hydroxylation is 2. The van der Waals surface area contributed by atoms with Crippen molar-refractivity contribution >= 4 is 0 Å². The SMILES string of the molecule is Cn1ccnc1CCC(CCOCC(F)F)NN. The Kier molecular flexibility index (Phi) is 6.77. The third-order valence-corrected chi connectivity index (χ3v) is 2.73. The maximum atomic E-state index is 11.8. The molecule has 0 bridgehead atoms. The second-order valence-corrected chi connectivity index (χ2v) is 4.11. The van der Waals surface area contributed by atoms with Gasteiger partial charge in [0.25, 0.3) is 6.43 Å². The standard InChI is InChI=1S/C11H20F2N4O/c1-17-6-5-15-11(17)3-2-9(16-14)4-7-18-8-10(12)13/h5-6,9-10,16H,2-4,7-8,14H2,1H3. The number of ether oxygens (including phenoxy) is 1. The second-order valence-electron chi connectivity index (χ2n) is 4.11. The summed E-state index contributed by atoms with van der Waals surface area (Å²) in [6, 6.07) is 0.0411. The third-order valence-electron chi connectivity index (χ3n) is 2.73. The average molecular weight is 262 g/mol. The Morgan fingerprint density at radius 3 is 2.83 bits per heavy atom. The number of nitrogens with two attached hydrogens (primary N) is 1. The van der Waals surface area contributed by atoms with Crippen LogP contribution in [0.5, 0.6) is 0 Å². The molecule has 1 rings (SSSR count). The first-order chi connectivity index (χ1) is 8.63. The van der Waals surface area contributed by atoms with E-state index in [0.717, 1.165) is 18.7 Å². The van der Waals surface area contributed by atoms with Gasteiger partial charge < -0.3 is 9.30 Å². The van der Waals surface area contributed by atoms with Crippen LogP contribution in [0.25, 0.3) is 0 Å². The van der Waals surface area contributed by atoms with E-state index in [1.165, 1.54) is 0 Å². The van der Waals surface area contributed by atoms with E-state index in [4.69, 9.17) is 10.6 Å². The minimum absolute atomic E-state index is 0.0411. The van der Waals surface area contributed by atoms with Gasteiger partial charge >= 0.3 is 0 Å². The van der Waals surface area contributed by atoms with E-state index in [1.807, 2.05) is 17.8 Å². The van der Waals surface area contributed by atoms with Gasteiger partial charge in [-0.1, -0.05) is 0 Å². The topological polar surface area (TPSA) is 65.1 Å². The van der Waals surface area contributed by atoms with Gasteiger partial charge in [-0.2, -0.15) is 0 Å². The Hall–Kier alpha value is -1.05. The first kappa shape index (κ1) is 15.0. The molecule has 0 aliphatic heterocycles. The van der Waals surface area contributed by atoms with Crippen molar-refractivity contribution in [3.05, 3.63) is 18.2 Å². The zero-order valence-electron chi connectivity index (χ0n) is 10.5. The van der Waals surface area contributed by atoms with Crippen molar-refractivity contribution in [1.82, 2.24) is 15.0 Å². The van der Waals surface area contributed by atoms with E-state index < -0.39 is 13.0 Å². The predicted molar refractivity (Wildman–Crippen MR) is 64.1 cm³/mol. The molecule has 1 heterocycles. The maximum absolute atomic E-state index is 11.8. The van der Waals surface area contributed by atoms with E-state index in [2.05, 4.69) is 10.4 Å². The van der Waals surface area contributed by atoms with Crippen molar-refractivity contribution in [2.45, 2.75) is 31.7 Å². The van der Waals surface area contributed by atoms with Gasteiger partial charge in [0.2, 0.25) is 0 Å². The summed E-state index contributed by atoms with van der Waals surface area (Å²) < 4.78 is 30.5. The fourth-order valence-electron chi connectivity index (χ4n) is 1.65. The number of halogens is 2. The lowest BCUT2D eigenvalue weighted by Crippen LogP contribution is -2.36. The summed E-state index contributed by atoms with van der Waals surface area (Å²) in [5, 5.41) is 0. The molecule has 0 aromatic carbocycles. The third kappa shape index (κ3) is 5.52. The minimum Gasteiger partial charge on any atom is -0.375 e. The van der Waals surface area contributed by atoms with Gasteiger partial charge in [-0.25, -0.2) is 13.8 Å². The fourth-order valence-corrected chi connectivity index (χ4v) is 1.65. The minimum atomic E-state index is -2.41. The Morgan fingerprint density at radius 2 is 2.28 bits per heavy atom. The maximum Gasteiger partial charge on any atom is 0.261 e. The summed E-state index contributed by atoms with van der Waals surface area (Å²) >= 11 is 0. The normalized spacial score (nSPS) is 13.2. The highest BCUT2D eigenvalue weighted by Crippen LogP contribution is 2.05. The van der Waals surface area contributed by atoms with Crippen molar-refractivity contribution in [2.24, 2.45) is 12.9 Å². The van der Waals surface area contributed by atoms with Gasteiger partial charge in [0.1, 0.15) is 12.4 Å². The van der Waals surface area contributed by atoms with Crippen LogP contribution in [0.4, 0.5) is 8.78 Å². The number of hydrazine groups is 1. The van der Waals surface area contributed by atoms with Crippen LogP contribution < -0.4 is 11.3 Å². The van der Waals surface area contributed by atoms with Gasteiger partial charge in [-0.05, 0) is 12.8 Å². The van der Waals surface area contributed by atoms with Crippen LogP contribution in [0.1, 0.15) is 18.7 Å². The molecular formula is C11H20F2N4O. The monoisotopic (exact) mass is 262 g/mol. The smallest absolute Gasteiger partial charge is 0.261 e. The van der Waals surface area contributed by atoms with Gasteiger partial charge in [-0.15, -0.1) is 0 Å². The summed E-state index contributed by atoms with van der Waals surface area (Å²) in [5.74, 6) is 6.39. The van der Waals surface area contributed by atoms with Crippen molar-refractivity contribution in [2.75, 3.05) is 13.2 Å². The van der Waals surface area contributed by atoms with Gasteiger partial charge in [-0.3, -0.25) is 11.3 Å². The molecule has 1 aromatic heterocycles. The summed E-state index contributed by atoms with van der Waals surface area (Å²) in [4.78, 5) is 4.21. The molecule has 7 heteroatoms. The molecule has 5 nitrogen and oxygen atoms in total. The molecule has 104 valence electrons. The number of nitrogens with zero attached hydrogens (tertiary/aromatic N) is 2. The molecule has 1 unspecified atom stereocenters. The highest BCUT2D eigenvalue weighted by molar-refractivity contribution is 4.91. The molecular weight excluding hydrogens is 242 g/mol. The van der Waals surface area contributed by atoms with Gasteiger partial charge in [0, 0.05) is 38.5 Å². The number of aromatic nitrogens is 2. The molecule has 0 fully saturated rings. The van der Waals surface area contributed by atoms with Crippen LogP contribution in [0, 0.1) is 0 Å². The second kappa shape index (κ2) is 8.12. The van der Waals surface area contributed by atoms with Crippen LogP contribution in [0.2, 0.25) is 0 Å². The van der Waals surface area contributed by atoms with Crippen LogP contribution in [-0.4, -0.2) is 35.2 Å². The number of alkyl halides is 2. The molecule has 0 aliphatic rings. The van der Waals surface area contributed by atoms with E-state index in [-0.39, 0.29) is 12.6 Å². The summed E-state index contributed by atoms with van der Waals surface area (Å²) in [6.07, 6.45) is 3.39. The molecule has 0 saturated heterocycles. The number of hydrogen-bond donors (Lipinski definition) is 2. The lowest BCUT2D eigenvalue weighted by molar-refractivity contribution is 0.0142. The molecule has 0 radical (unpaired) electrons. The first-order valence-electron chi connectivity index (χ1n) is 5.91. The first-order valence-corrected chi connectivity index (χ1v) is 5.91. The molecule has 0 aliphatic carbocycles. The Balaban J connectivity index is 2.19. The quantitative estimate of drug-likeness (QED) is 0.393. The van der Waals surface area contributed by atoms with E-state index in [0.29, 0.717) is 6.42 Å². The number of rotatable bonds is 9. The average Bonchev–Trinajstić information content (AvgIpc) is 2.74. The lowest BCUT2D eigenvalue weighted by Gasteiger charge is -2.15. The van der Waals surface area contributed by atoms with Crippen molar-refractivity contribution in [1.29, 1.82) is 0 Å². The molecule has 18 heavy (non-hydrogen) atoms. The van der Waals surface area contributed by atoms with E-state index >= 15 is 0 Å². The van der Waals surface area contributed by atoms with Crippen molar-refractivity contribution < 1.29 is 13.5 Å². The number of hydrogen-bond acceptors (Lipinski definition) is 4. The van der Waals surface area contributed by atoms with Crippen molar-refractivity contribution in [3.63, 3.8) is 0 Å². The molecule has 3 N–H and O–H groups in total. The van der Waals surface area contributed by atoms with Gasteiger partial charge in [0.15, 0.2) is 0 Å². The Bertz CT molecular complexity index is 333. The molecule has 0 amide bonds. The van der Waals surface area contributed by atoms with Gasteiger partial charge in [0.05, 0.1) is 0 Å². The lowest BCUT2D eigenvalue weighted by atomic mass is 10.1. The van der Waals surface area contributed by atoms with Crippen LogP contribution >= 0.6 is 0 Å². The fraction of sp³-hybridized carbons (Fsp3) is 0.727. The highest BCUT2D eigenvalue weighted by atomic mass is 19.3. The summed E-state index contributed by atoms with van der Waals surface area (Å²) in [5.41, 5.74) is 2.67. The zero-order chi connectivity index (χ0) is 13.4. The zero-order valence-corrected chi connectivity index (χ0v) is 10.5. The highest BCUT2D eigenvalue weighted by Gasteiger charge is 2.09. The summed E-state index contributed by atoms with van der Waals surface area (Å²) in [6.45, 7) is -0.240.